The molecule has 3 N–H and O–H groups in total. The fourth-order valence-corrected chi connectivity index (χ4v) is 2.78. The largest absolute Gasteiger partial charge is 0.496 e. The predicted octanol–water partition coefficient (Wildman–Crippen LogP) is 2.25. The van der Waals surface area contributed by atoms with Crippen molar-refractivity contribution in [3.63, 3.8) is 0 Å². The van der Waals surface area contributed by atoms with Gasteiger partial charge in [-0.15, -0.1) is 0 Å². The summed E-state index contributed by atoms with van der Waals surface area (Å²) in [6.07, 6.45) is 4.60. The first kappa shape index (κ1) is 14.9. The van der Waals surface area contributed by atoms with Crippen molar-refractivity contribution in [2.24, 2.45) is 11.7 Å². The number of carbonyl (C=O) groups is 1. The van der Waals surface area contributed by atoms with E-state index in [1.165, 1.54) is 12.8 Å². The minimum atomic E-state index is -0.0546. The molecule has 4 heteroatoms. The first-order valence-corrected chi connectivity index (χ1v) is 7.30. The molecule has 1 aliphatic rings. The number of hydrogen-bond acceptors (Lipinski definition) is 3. The molecule has 2 atom stereocenters. The second kappa shape index (κ2) is 6.75. The Bertz CT molecular complexity index is 474. The monoisotopic (exact) mass is 276 g/mol. The molecular formula is C16H24N2O2. The molecule has 0 radical (unpaired) electrons. The van der Waals surface area contributed by atoms with Crippen molar-refractivity contribution >= 4 is 5.91 Å². The lowest BCUT2D eigenvalue weighted by Gasteiger charge is -2.28. The third kappa shape index (κ3) is 3.51. The molecule has 1 aliphatic carbocycles. The van der Waals surface area contributed by atoms with Crippen LogP contribution in [0.4, 0.5) is 0 Å². The van der Waals surface area contributed by atoms with Gasteiger partial charge in [-0.1, -0.05) is 18.9 Å². The second-order valence-electron chi connectivity index (χ2n) is 5.60. The van der Waals surface area contributed by atoms with E-state index in [9.17, 15) is 4.79 Å². The van der Waals surface area contributed by atoms with Gasteiger partial charge in [0.2, 0.25) is 0 Å². The Kier molecular flexibility index (Phi) is 5.01. The van der Waals surface area contributed by atoms with E-state index in [1.54, 1.807) is 13.2 Å². The van der Waals surface area contributed by atoms with Crippen LogP contribution >= 0.6 is 0 Å². The minimum Gasteiger partial charge on any atom is -0.496 e. The summed E-state index contributed by atoms with van der Waals surface area (Å²) in [5, 5.41) is 3.00. The van der Waals surface area contributed by atoms with Crippen LogP contribution in [-0.2, 0) is 0 Å². The summed E-state index contributed by atoms with van der Waals surface area (Å²) in [4.78, 5) is 12.2. The second-order valence-corrected chi connectivity index (χ2v) is 5.60. The van der Waals surface area contributed by atoms with Gasteiger partial charge in [0.15, 0.2) is 0 Å². The van der Waals surface area contributed by atoms with Crippen molar-refractivity contribution in [1.29, 1.82) is 0 Å². The lowest BCUT2D eigenvalue weighted by Crippen LogP contribution is -2.41. The number of carbonyl (C=O) groups excluding carboxylic acids is 1. The number of benzene rings is 1. The zero-order valence-corrected chi connectivity index (χ0v) is 12.3. The molecule has 1 saturated carbocycles. The number of methoxy groups -OCH3 is 1. The first-order valence-electron chi connectivity index (χ1n) is 7.30. The molecule has 2 unspecified atom stereocenters. The Morgan fingerprint density at radius 2 is 2.15 bits per heavy atom. The van der Waals surface area contributed by atoms with Gasteiger partial charge in [-0.2, -0.15) is 0 Å². The summed E-state index contributed by atoms with van der Waals surface area (Å²) in [5.74, 6) is 1.09. The summed E-state index contributed by atoms with van der Waals surface area (Å²) < 4.78 is 5.25. The maximum atomic E-state index is 12.2. The summed E-state index contributed by atoms with van der Waals surface area (Å²) in [7, 11) is 1.62. The van der Waals surface area contributed by atoms with Gasteiger partial charge < -0.3 is 15.8 Å². The fraction of sp³-hybridized carbons (Fsp3) is 0.562. The van der Waals surface area contributed by atoms with Crippen LogP contribution in [0.2, 0.25) is 0 Å². The first-order chi connectivity index (χ1) is 9.61. The van der Waals surface area contributed by atoms with E-state index < -0.39 is 0 Å². The molecular weight excluding hydrogens is 252 g/mol. The summed E-state index contributed by atoms with van der Waals surface area (Å²) in [5.41, 5.74) is 7.76. The molecule has 0 aliphatic heterocycles. The number of ether oxygens (including phenoxy) is 1. The summed E-state index contributed by atoms with van der Waals surface area (Å²) in [6.45, 7) is 2.62. The average Bonchev–Trinajstić information content (AvgIpc) is 2.46. The fourth-order valence-electron chi connectivity index (χ4n) is 2.78. The molecule has 4 nitrogen and oxygen atoms in total. The van der Waals surface area contributed by atoms with Crippen LogP contribution in [0.5, 0.6) is 5.75 Å². The highest BCUT2D eigenvalue weighted by Gasteiger charge is 2.22. The number of amides is 1. The Labute approximate surface area is 120 Å². The number of nitrogens with two attached hydrogens (primary N) is 1. The van der Waals surface area contributed by atoms with E-state index in [0.717, 1.165) is 24.2 Å². The SMILES string of the molecule is COc1cc(C(=O)NCC2CCCCC2N)ccc1C. The number of rotatable bonds is 4. The van der Waals surface area contributed by atoms with E-state index in [-0.39, 0.29) is 11.9 Å². The molecule has 0 spiro atoms. The molecule has 0 saturated heterocycles. The molecule has 0 heterocycles. The van der Waals surface area contributed by atoms with Gasteiger partial charge in [-0.05, 0) is 43.4 Å². The van der Waals surface area contributed by atoms with Crippen LogP contribution < -0.4 is 15.8 Å². The van der Waals surface area contributed by atoms with Crippen LogP contribution in [0, 0.1) is 12.8 Å². The molecule has 1 aromatic rings. The highest BCUT2D eigenvalue weighted by atomic mass is 16.5. The zero-order chi connectivity index (χ0) is 14.5. The standard InChI is InChI=1S/C16H24N2O2/c1-11-7-8-12(9-15(11)20-2)16(19)18-10-13-5-3-4-6-14(13)17/h7-9,13-14H,3-6,10,17H2,1-2H3,(H,18,19). The van der Waals surface area contributed by atoms with Crippen molar-refractivity contribution in [1.82, 2.24) is 5.32 Å². The summed E-state index contributed by atoms with van der Waals surface area (Å²) >= 11 is 0. The van der Waals surface area contributed by atoms with E-state index in [1.807, 2.05) is 19.1 Å². The number of nitrogens with one attached hydrogen (secondary N) is 1. The van der Waals surface area contributed by atoms with Crippen molar-refractivity contribution in [3.8, 4) is 5.75 Å². The Morgan fingerprint density at radius 1 is 1.40 bits per heavy atom. The highest BCUT2D eigenvalue weighted by Crippen LogP contribution is 2.23. The molecule has 2 rings (SSSR count). The Morgan fingerprint density at radius 3 is 2.85 bits per heavy atom. The smallest absolute Gasteiger partial charge is 0.251 e. The third-order valence-electron chi connectivity index (χ3n) is 4.16. The predicted molar refractivity (Wildman–Crippen MR) is 80.0 cm³/mol. The lowest BCUT2D eigenvalue weighted by atomic mass is 9.85. The minimum absolute atomic E-state index is 0.0546. The van der Waals surface area contributed by atoms with Gasteiger partial charge in [0.25, 0.3) is 5.91 Å². The van der Waals surface area contributed by atoms with Crippen molar-refractivity contribution in [2.75, 3.05) is 13.7 Å². The quantitative estimate of drug-likeness (QED) is 0.886. The van der Waals surface area contributed by atoms with Crippen LogP contribution in [-0.4, -0.2) is 25.6 Å². The van der Waals surface area contributed by atoms with Gasteiger partial charge in [0.05, 0.1) is 7.11 Å². The van der Waals surface area contributed by atoms with Crippen LogP contribution in [0.1, 0.15) is 41.6 Å². The highest BCUT2D eigenvalue weighted by molar-refractivity contribution is 5.94. The number of aryl methyl sites for hydroxylation is 1. The topological polar surface area (TPSA) is 64.3 Å². The van der Waals surface area contributed by atoms with Crippen molar-refractivity contribution < 1.29 is 9.53 Å². The Hall–Kier alpha value is -1.55. The van der Waals surface area contributed by atoms with Gasteiger partial charge >= 0.3 is 0 Å². The maximum Gasteiger partial charge on any atom is 0.251 e. The third-order valence-corrected chi connectivity index (χ3v) is 4.16. The Balaban J connectivity index is 1.94. The summed E-state index contributed by atoms with van der Waals surface area (Å²) in [6, 6.07) is 5.73. The van der Waals surface area contributed by atoms with Crippen LogP contribution in [0.25, 0.3) is 0 Å². The van der Waals surface area contributed by atoms with Crippen molar-refractivity contribution in [3.05, 3.63) is 29.3 Å². The molecule has 0 bridgehead atoms. The molecule has 1 aromatic carbocycles. The van der Waals surface area contributed by atoms with Crippen molar-refractivity contribution in [2.45, 2.75) is 38.6 Å². The van der Waals surface area contributed by atoms with Gasteiger partial charge in [0.1, 0.15) is 5.75 Å². The molecule has 110 valence electrons. The van der Waals surface area contributed by atoms with Gasteiger partial charge in [-0.25, -0.2) is 0 Å². The zero-order valence-electron chi connectivity index (χ0n) is 12.3. The molecule has 1 amide bonds. The molecule has 0 aromatic heterocycles. The normalized spacial score (nSPS) is 22.4. The van der Waals surface area contributed by atoms with E-state index >= 15 is 0 Å². The van der Waals surface area contributed by atoms with E-state index in [2.05, 4.69) is 5.32 Å². The van der Waals surface area contributed by atoms with E-state index in [4.69, 9.17) is 10.5 Å². The van der Waals surface area contributed by atoms with Gasteiger partial charge in [0, 0.05) is 18.2 Å². The molecule has 1 fully saturated rings. The van der Waals surface area contributed by atoms with E-state index in [0.29, 0.717) is 18.0 Å². The van der Waals surface area contributed by atoms with Crippen LogP contribution in [0.15, 0.2) is 18.2 Å². The maximum absolute atomic E-state index is 12.2. The van der Waals surface area contributed by atoms with Crippen LogP contribution in [0.3, 0.4) is 0 Å². The average molecular weight is 276 g/mol. The number of hydrogen-bond donors (Lipinski definition) is 2. The molecule has 20 heavy (non-hydrogen) atoms. The lowest BCUT2D eigenvalue weighted by molar-refractivity contribution is 0.0941. The van der Waals surface area contributed by atoms with Gasteiger partial charge in [-0.3, -0.25) is 4.79 Å².